The Kier molecular flexibility index (Phi) is 4.76. The molecule has 3 rings (SSSR count). The second kappa shape index (κ2) is 6.97. The molecule has 0 bridgehead atoms. The summed E-state index contributed by atoms with van der Waals surface area (Å²) < 4.78 is 0. The summed E-state index contributed by atoms with van der Waals surface area (Å²) in [7, 11) is 0. The molecule has 0 fully saturated rings. The van der Waals surface area contributed by atoms with Crippen LogP contribution in [0.2, 0.25) is 0 Å². The topological polar surface area (TPSA) is 66.1 Å². The lowest BCUT2D eigenvalue weighted by molar-refractivity contribution is 0.0710. The lowest BCUT2D eigenvalue weighted by atomic mass is 10.2. The maximum absolute atomic E-state index is 12.9. The number of nitrogens with zero attached hydrogens (tertiary/aromatic N) is 2. The molecule has 1 amide bonds. The van der Waals surface area contributed by atoms with Crippen LogP contribution in [-0.2, 0) is 6.54 Å². The molecule has 0 unspecified atom stereocenters. The summed E-state index contributed by atoms with van der Waals surface area (Å²) in [5, 5.41) is 4.50. The molecule has 0 radical (unpaired) electrons. The minimum atomic E-state index is -0.288. The van der Waals surface area contributed by atoms with Gasteiger partial charge in [-0.15, -0.1) is 0 Å². The van der Waals surface area contributed by atoms with Crippen molar-refractivity contribution in [1.29, 1.82) is 0 Å². The third-order valence-electron chi connectivity index (χ3n) is 3.64. The van der Waals surface area contributed by atoms with Gasteiger partial charge >= 0.3 is 0 Å². The number of para-hydroxylation sites is 1. The number of rotatable bonds is 5. The third-order valence-corrected chi connectivity index (χ3v) is 4.37. The Morgan fingerprint density at radius 3 is 2.79 bits per heavy atom. The molecule has 3 aromatic rings. The quantitative estimate of drug-likeness (QED) is 0.774. The number of nitrogens with one attached hydrogen (secondary N) is 1. The molecule has 5 nitrogen and oxygen atoms in total. The standard InChI is InChI=1S/C18H19N3O2S/c1-12(2)9-21(10-13-7-8-24-11-13)18(23)16-19-15-6-4-3-5-14(15)17(22)20-16/h3-8,11-12H,9-10H2,1-2H3,(H,19,20,22). The summed E-state index contributed by atoms with van der Waals surface area (Å²) >= 11 is 1.60. The second-order valence-corrected chi connectivity index (χ2v) is 6.92. The van der Waals surface area contributed by atoms with Crippen molar-refractivity contribution >= 4 is 28.1 Å². The molecular formula is C18H19N3O2S. The van der Waals surface area contributed by atoms with Crippen LogP contribution in [0.3, 0.4) is 0 Å². The van der Waals surface area contributed by atoms with E-state index in [-0.39, 0.29) is 17.3 Å². The number of thiophene rings is 1. The smallest absolute Gasteiger partial charge is 0.290 e. The third kappa shape index (κ3) is 3.54. The van der Waals surface area contributed by atoms with Gasteiger partial charge in [-0.05, 0) is 40.4 Å². The molecule has 24 heavy (non-hydrogen) atoms. The first kappa shape index (κ1) is 16.4. The van der Waals surface area contributed by atoms with Crippen LogP contribution in [0.25, 0.3) is 10.9 Å². The van der Waals surface area contributed by atoms with E-state index >= 15 is 0 Å². The molecule has 124 valence electrons. The summed E-state index contributed by atoms with van der Waals surface area (Å²) in [6.45, 7) is 5.23. The van der Waals surface area contributed by atoms with Crippen LogP contribution >= 0.6 is 11.3 Å². The predicted octanol–water partition coefficient (Wildman–Crippen LogP) is 3.28. The monoisotopic (exact) mass is 341 g/mol. The largest absolute Gasteiger partial charge is 0.331 e. The normalized spacial score (nSPS) is 11.1. The van der Waals surface area contributed by atoms with E-state index in [9.17, 15) is 9.59 Å². The molecule has 0 aliphatic rings. The number of aromatic nitrogens is 2. The van der Waals surface area contributed by atoms with Crippen molar-refractivity contribution in [2.24, 2.45) is 5.92 Å². The van der Waals surface area contributed by atoms with E-state index in [0.29, 0.717) is 29.9 Å². The van der Waals surface area contributed by atoms with Gasteiger partial charge in [-0.1, -0.05) is 26.0 Å². The average Bonchev–Trinajstić information content (AvgIpc) is 3.06. The molecule has 1 aromatic carbocycles. The predicted molar refractivity (Wildman–Crippen MR) is 96.3 cm³/mol. The van der Waals surface area contributed by atoms with Crippen molar-refractivity contribution in [2.75, 3.05) is 6.54 Å². The van der Waals surface area contributed by atoms with Gasteiger partial charge in [0.05, 0.1) is 10.9 Å². The Morgan fingerprint density at radius 2 is 2.08 bits per heavy atom. The van der Waals surface area contributed by atoms with Crippen molar-refractivity contribution in [3.8, 4) is 0 Å². The van der Waals surface area contributed by atoms with Gasteiger partial charge in [0.25, 0.3) is 11.5 Å². The summed E-state index contributed by atoms with van der Waals surface area (Å²) in [5.74, 6) is 0.159. The molecule has 0 aliphatic heterocycles. The SMILES string of the molecule is CC(C)CN(Cc1ccsc1)C(=O)c1nc2ccccc2c(=O)[nH]1. The highest BCUT2D eigenvalue weighted by Crippen LogP contribution is 2.14. The van der Waals surface area contributed by atoms with Gasteiger partial charge in [-0.3, -0.25) is 9.59 Å². The van der Waals surface area contributed by atoms with Crippen LogP contribution in [0, 0.1) is 5.92 Å². The maximum atomic E-state index is 12.9. The van der Waals surface area contributed by atoms with Gasteiger partial charge in [0.15, 0.2) is 5.82 Å². The molecule has 0 spiro atoms. The van der Waals surface area contributed by atoms with Crippen LogP contribution in [0.5, 0.6) is 0 Å². The number of aromatic amines is 1. The Labute approximate surface area is 144 Å². The zero-order valence-electron chi connectivity index (χ0n) is 13.7. The highest BCUT2D eigenvalue weighted by atomic mass is 32.1. The van der Waals surface area contributed by atoms with Crippen LogP contribution in [0.4, 0.5) is 0 Å². The molecule has 0 aliphatic carbocycles. The van der Waals surface area contributed by atoms with Crippen LogP contribution in [-0.4, -0.2) is 27.3 Å². The fourth-order valence-corrected chi connectivity index (χ4v) is 3.26. The van der Waals surface area contributed by atoms with E-state index in [1.54, 1.807) is 40.5 Å². The first-order chi connectivity index (χ1) is 11.5. The second-order valence-electron chi connectivity index (χ2n) is 6.14. The van der Waals surface area contributed by atoms with E-state index in [4.69, 9.17) is 0 Å². The first-order valence-corrected chi connectivity index (χ1v) is 8.78. The minimum absolute atomic E-state index is 0.0922. The van der Waals surface area contributed by atoms with Gasteiger partial charge in [-0.2, -0.15) is 11.3 Å². The zero-order chi connectivity index (χ0) is 17.1. The number of hydrogen-bond acceptors (Lipinski definition) is 4. The molecule has 2 heterocycles. The number of amides is 1. The van der Waals surface area contributed by atoms with Gasteiger partial charge in [0.1, 0.15) is 0 Å². The van der Waals surface area contributed by atoms with Crippen LogP contribution in [0.1, 0.15) is 30.0 Å². The van der Waals surface area contributed by atoms with E-state index < -0.39 is 0 Å². The highest BCUT2D eigenvalue weighted by Gasteiger charge is 2.20. The van der Waals surface area contributed by atoms with Gasteiger partial charge in [-0.25, -0.2) is 4.98 Å². The first-order valence-electron chi connectivity index (χ1n) is 7.84. The zero-order valence-corrected chi connectivity index (χ0v) is 14.5. The number of carbonyl (C=O) groups excluding carboxylic acids is 1. The van der Waals surface area contributed by atoms with Crippen molar-refractivity contribution < 1.29 is 4.79 Å². The Bertz CT molecular complexity index is 900. The number of hydrogen-bond donors (Lipinski definition) is 1. The van der Waals surface area contributed by atoms with Gasteiger partial charge in [0, 0.05) is 13.1 Å². The van der Waals surface area contributed by atoms with E-state index in [1.807, 2.05) is 16.8 Å². The number of fused-ring (bicyclic) bond motifs is 1. The number of H-pyrrole nitrogens is 1. The van der Waals surface area contributed by atoms with Crippen molar-refractivity contribution in [3.63, 3.8) is 0 Å². The Hall–Kier alpha value is -2.47. The summed E-state index contributed by atoms with van der Waals surface area (Å²) in [6, 6.07) is 9.03. The summed E-state index contributed by atoms with van der Waals surface area (Å²) in [5.41, 5.74) is 1.32. The Morgan fingerprint density at radius 1 is 1.29 bits per heavy atom. The molecular weight excluding hydrogens is 322 g/mol. The van der Waals surface area contributed by atoms with Crippen LogP contribution in [0.15, 0.2) is 45.9 Å². The minimum Gasteiger partial charge on any atom is -0.331 e. The van der Waals surface area contributed by atoms with Crippen molar-refractivity contribution in [1.82, 2.24) is 14.9 Å². The number of carbonyl (C=O) groups is 1. The summed E-state index contributed by atoms with van der Waals surface area (Å²) in [6.07, 6.45) is 0. The lowest BCUT2D eigenvalue weighted by Crippen LogP contribution is -2.35. The molecule has 0 atom stereocenters. The van der Waals surface area contributed by atoms with Gasteiger partial charge < -0.3 is 9.88 Å². The summed E-state index contributed by atoms with van der Waals surface area (Å²) in [4.78, 5) is 33.8. The fraction of sp³-hybridized carbons (Fsp3) is 0.278. The molecule has 0 saturated heterocycles. The van der Waals surface area contributed by atoms with Crippen molar-refractivity contribution in [3.05, 3.63) is 62.8 Å². The van der Waals surface area contributed by atoms with Crippen LogP contribution < -0.4 is 5.56 Å². The number of benzene rings is 1. The lowest BCUT2D eigenvalue weighted by Gasteiger charge is -2.23. The molecule has 0 saturated carbocycles. The van der Waals surface area contributed by atoms with Crippen molar-refractivity contribution in [2.45, 2.75) is 20.4 Å². The molecule has 2 aromatic heterocycles. The maximum Gasteiger partial charge on any atom is 0.290 e. The van der Waals surface area contributed by atoms with E-state index in [1.165, 1.54) is 0 Å². The van der Waals surface area contributed by atoms with E-state index in [0.717, 1.165) is 5.56 Å². The Balaban J connectivity index is 1.95. The highest BCUT2D eigenvalue weighted by molar-refractivity contribution is 7.07. The van der Waals surface area contributed by atoms with E-state index in [2.05, 4.69) is 23.8 Å². The van der Waals surface area contributed by atoms with Gasteiger partial charge in [0.2, 0.25) is 0 Å². The molecule has 6 heteroatoms. The molecule has 1 N–H and O–H groups in total. The average molecular weight is 341 g/mol. The fourth-order valence-electron chi connectivity index (χ4n) is 2.60.